The van der Waals surface area contributed by atoms with E-state index in [1.54, 1.807) is 0 Å². The Morgan fingerprint density at radius 2 is 1.46 bits per heavy atom. The second-order valence-electron chi connectivity index (χ2n) is 7.44. The molecule has 0 radical (unpaired) electrons. The van der Waals surface area contributed by atoms with Crippen LogP contribution >= 0.6 is 0 Å². The number of nitriles is 2. The fraction of sp³-hybridized carbons (Fsp3) is 0.737. The van der Waals surface area contributed by atoms with Crippen molar-refractivity contribution in [3.8, 4) is 12.1 Å². The first-order valence-corrected chi connectivity index (χ1v) is 8.98. The Morgan fingerprint density at radius 3 is 1.96 bits per heavy atom. The Kier molecular flexibility index (Phi) is 5.04. The Hall–Kier alpha value is -1.69. The summed E-state index contributed by atoms with van der Waals surface area (Å²) >= 11 is 0. The van der Waals surface area contributed by atoms with Gasteiger partial charge in [0.05, 0.1) is 0 Å². The topological polar surface area (TPSA) is 105 Å². The molecule has 0 bridgehead atoms. The molecule has 3 rings (SSSR count). The van der Waals surface area contributed by atoms with Crippen LogP contribution in [0.1, 0.15) is 38.5 Å². The van der Waals surface area contributed by atoms with Crippen LogP contribution in [0.5, 0.6) is 0 Å². The fourth-order valence-electron chi connectivity index (χ4n) is 5.87. The summed E-state index contributed by atoms with van der Waals surface area (Å²) in [6.45, 7) is 0.292. The summed E-state index contributed by atoms with van der Waals surface area (Å²) in [4.78, 5) is 12.9. The van der Waals surface area contributed by atoms with Crippen molar-refractivity contribution in [2.75, 3.05) is 13.2 Å². The lowest BCUT2D eigenvalue weighted by atomic mass is 9.55. The van der Waals surface area contributed by atoms with E-state index in [4.69, 9.17) is 0 Å². The number of allylic oxidation sites excluding steroid dienone is 2. The number of hydrogen-bond donors (Lipinski definition) is 2. The van der Waals surface area contributed by atoms with Crippen LogP contribution in [0.4, 0.5) is 0 Å². The minimum Gasteiger partial charge on any atom is -0.396 e. The summed E-state index contributed by atoms with van der Waals surface area (Å²) < 4.78 is 0. The number of carbonyl (C=O) groups is 1. The van der Waals surface area contributed by atoms with Gasteiger partial charge >= 0.3 is 0 Å². The van der Waals surface area contributed by atoms with Gasteiger partial charge in [0, 0.05) is 24.7 Å². The smallest absolute Gasteiger partial charge is 0.164 e. The SMILES string of the molecule is N#CC(C#N)=C1C(=O)C2CCC(CCO)C3C(CCO)CCC1C23. The van der Waals surface area contributed by atoms with E-state index < -0.39 is 0 Å². The molecule has 5 nitrogen and oxygen atoms in total. The first kappa shape index (κ1) is 17.1. The van der Waals surface area contributed by atoms with E-state index >= 15 is 0 Å². The Morgan fingerprint density at radius 1 is 0.917 bits per heavy atom. The maximum atomic E-state index is 12.9. The van der Waals surface area contributed by atoms with Crippen molar-refractivity contribution in [3.63, 3.8) is 0 Å². The van der Waals surface area contributed by atoms with Crippen LogP contribution in [0.15, 0.2) is 11.1 Å². The molecule has 0 spiro atoms. The van der Waals surface area contributed by atoms with E-state index in [-0.39, 0.29) is 42.3 Å². The normalized spacial score (nSPS) is 37.5. The summed E-state index contributed by atoms with van der Waals surface area (Å²) in [5, 5.41) is 37.4. The van der Waals surface area contributed by atoms with Crippen LogP contribution in [-0.4, -0.2) is 29.2 Å². The van der Waals surface area contributed by atoms with Crippen molar-refractivity contribution >= 4 is 5.78 Å². The number of nitrogens with zero attached hydrogens (tertiary/aromatic N) is 2. The van der Waals surface area contributed by atoms with E-state index in [1.165, 1.54) is 0 Å². The van der Waals surface area contributed by atoms with Gasteiger partial charge in [-0.3, -0.25) is 4.79 Å². The van der Waals surface area contributed by atoms with Crippen molar-refractivity contribution in [2.24, 2.45) is 35.5 Å². The maximum Gasteiger partial charge on any atom is 0.164 e. The maximum absolute atomic E-state index is 12.9. The minimum atomic E-state index is -0.0804. The zero-order valence-corrected chi connectivity index (χ0v) is 13.8. The lowest BCUT2D eigenvalue weighted by Gasteiger charge is -2.49. The number of aliphatic hydroxyl groups excluding tert-OH is 2. The predicted octanol–water partition coefficient (Wildman–Crippen LogP) is 1.96. The fourth-order valence-corrected chi connectivity index (χ4v) is 5.87. The van der Waals surface area contributed by atoms with Crippen molar-refractivity contribution < 1.29 is 15.0 Å². The van der Waals surface area contributed by atoms with Gasteiger partial charge in [0.15, 0.2) is 5.78 Å². The molecule has 6 unspecified atom stereocenters. The van der Waals surface area contributed by atoms with Crippen LogP contribution in [-0.2, 0) is 4.79 Å². The van der Waals surface area contributed by atoms with Gasteiger partial charge in [-0.2, -0.15) is 10.5 Å². The van der Waals surface area contributed by atoms with E-state index in [0.29, 0.717) is 23.3 Å². The molecule has 5 heteroatoms. The highest BCUT2D eigenvalue weighted by Gasteiger charge is 2.57. The summed E-state index contributed by atoms with van der Waals surface area (Å²) in [7, 11) is 0. The van der Waals surface area contributed by atoms with Gasteiger partial charge in [-0.15, -0.1) is 0 Å². The van der Waals surface area contributed by atoms with Gasteiger partial charge in [0.25, 0.3) is 0 Å². The lowest BCUT2D eigenvalue weighted by molar-refractivity contribution is -0.121. The molecule has 3 saturated carbocycles. The highest BCUT2D eigenvalue weighted by molar-refractivity contribution is 6.02. The predicted molar refractivity (Wildman–Crippen MR) is 86.1 cm³/mol. The zero-order chi connectivity index (χ0) is 17.3. The number of Topliss-reactive ketones (excluding diaryl/α,β-unsaturated/α-hetero) is 1. The number of hydrogen-bond acceptors (Lipinski definition) is 5. The van der Waals surface area contributed by atoms with Gasteiger partial charge in [-0.25, -0.2) is 0 Å². The molecule has 0 aromatic carbocycles. The average Bonchev–Trinajstić information content (AvgIpc) is 2.87. The number of aliphatic hydroxyl groups is 2. The number of rotatable bonds is 4. The highest BCUT2D eigenvalue weighted by atomic mass is 16.3. The standard InChI is InChI=1S/C19H24N2O3/c20-9-13(10-21)17-14-3-1-11(5-7-22)16-12(6-8-23)2-4-15(18(14)16)19(17)24/h11-12,14-16,18,22-23H,1-8H2. The van der Waals surface area contributed by atoms with Crippen LogP contribution in [0.2, 0.25) is 0 Å². The molecular weight excluding hydrogens is 304 g/mol. The van der Waals surface area contributed by atoms with Crippen LogP contribution in [0.25, 0.3) is 0 Å². The van der Waals surface area contributed by atoms with E-state index in [9.17, 15) is 25.5 Å². The molecule has 128 valence electrons. The first-order valence-electron chi connectivity index (χ1n) is 8.98. The first-order chi connectivity index (χ1) is 11.7. The molecule has 3 aliphatic rings. The van der Waals surface area contributed by atoms with E-state index in [0.717, 1.165) is 38.5 Å². The van der Waals surface area contributed by atoms with Crippen LogP contribution < -0.4 is 0 Å². The monoisotopic (exact) mass is 328 g/mol. The van der Waals surface area contributed by atoms with E-state index in [1.807, 2.05) is 12.1 Å². The molecule has 0 heterocycles. The number of ketones is 1. The van der Waals surface area contributed by atoms with Crippen molar-refractivity contribution in [1.82, 2.24) is 0 Å². The zero-order valence-electron chi connectivity index (χ0n) is 13.8. The summed E-state index contributed by atoms with van der Waals surface area (Å²) in [6.07, 6.45) is 4.91. The van der Waals surface area contributed by atoms with Gasteiger partial charge < -0.3 is 10.2 Å². The summed E-state index contributed by atoms with van der Waals surface area (Å²) in [6, 6.07) is 3.85. The third-order valence-corrected chi connectivity index (χ3v) is 6.63. The largest absolute Gasteiger partial charge is 0.396 e. The van der Waals surface area contributed by atoms with Gasteiger partial charge in [0.1, 0.15) is 17.7 Å². The molecule has 0 aliphatic heterocycles. The molecule has 0 aromatic rings. The van der Waals surface area contributed by atoms with Gasteiger partial charge in [-0.05, 0) is 68.1 Å². The highest BCUT2D eigenvalue weighted by Crippen LogP contribution is 2.59. The average molecular weight is 328 g/mol. The van der Waals surface area contributed by atoms with Gasteiger partial charge in [-0.1, -0.05) is 0 Å². The molecule has 3 aliphatic carbocycles. The molecule has 24 heavy (non-hydrogen) atoms. The Labute approximate surface area is 142 Å². The molecule has 6 atom stereocenters. The molecule has 2 N–H and O–H groups in total. The molecular formula is C19H24N2O3. The Bertz CT molecular complexity index is 604. The lowest BCUT2D eigenvalue weighted by Crippen LogP contribution is -2.44. The molecule has 3 fully saturated rings. The van der Waals surface area contributed by atoms with Gasteiger partial charge in [0.2, 0.25) is 0 Å². The summed E-state index contributed by atoms with van der Waals surface area (Å²) in [5.41, 5.74) is 0.476. The van der Waals surface area contributed by atoms with E-state index in [2.05, 4.69) is 0 Å². The van der Waals surface area contributed by atoms with Crippen LogP contribution in [0.3, 0.4) is 0 Å². The van der Waals surface area contributed by atoms with Crippen molar-refractivity contribution in [1.29, 1.82) is 10.5 Å². The quantitative estimate of drug-likeness (QED) is 0.606. The molecule has 0 amide bonds. The third kappa shape index (κ3) is 2.57. The second-order valence-corrected chi connectivity index (χ2v) is 7.44. The van der Waals surface area contributed by atoms with Crippen molar-refractivity contribution in [3.05, 3.63) is 11.1 Å². The minimum absolute atomic E-state index is 0.00235. The second kappa shape index (κ2) is 7.05. The Balaban J connectivity index is 2.03. The molecule has 0 aromatic heterocycles. The summed E-state index contributed by atoms with van der Waals surface area (Å²) in [5.74, 6) is 1.17. The molecule has 0 saturated heterocycles. The van der Waals surface area contributed by atoms with Crippen LogP contribution in [0, 0.1) is 58.2 Å². The number of carbonyl (C=O) groups excluding carboxylic acids is 1. The van der Waals surface area contributed by atoms with Crippen molar-refractivity contribution in [2.45, 2.75) is 38.5 Å². The third-order valence-electron chi connectivity index (χ3n) is 6.63.